The van der Waals surface area contributed by atoms with Crippen LogP contribution in [0.2, 0.25) is 0 Å². The number of rotatable bonds is 5. The highest BCUT2D eigenvalue weighted by atomic mass is 32.2. The minimum atomic E-state index is -3.64. The van der Waals surface area contributed by atoms with E-state index in [0.29, 0.717) is 19.6 Å². The molecule has 0 radical (unpaired) electrons. The molecule has 0 aliphatic carbocycles. The van der Waals surface area contributed by atoms with E-state index in [1.165, 1.54) is 10.6 Å². The van der Waals surface area contributed by atoms with Crippen LogP contribution in [0, 0.1) is 0 Å². The molecule has 0 aromatic heterocycles. The Labute approximate surface area is 166 Å². The van der Waals surface area contributed by atoms with E-state index in [9.17, 15) is 8.42 Å². The van der Waals surface area contributed by atoms with Crippen LogP contribution in [0.25, 0.3) is 0 Å². The monoisotopic (exact) mass is 396 g/mol. The van der Waals surface area contributed by atoms with Crippen LogP contribution in [0.4, 0.5) is 0 Å². The van der Waals surface area contributed by atoms with Crippen LogP contribution in [-0.4, -0.2) is 49.4 Å². The maximum absolute atomic E-state index is 12.5. The molecule has 0 bridgehead atoms. The average Bonchev–Trinajstić information content (AvgIpc) is 3.19. The van der Waals surface area contributed by atoms with E-state index in [-0.39, 0.29) is 5.92 Å². The Morgan fingerprint density at radius 3 is 2.25 bits per heavy atom. The summed E-state index contributed by atoms with van der Waals surface area (Å²) in [4.78, 5) is 0. The highest BCUT2D eigenvalue weighted by Gasteiger charge is 2.29. The van der Waals surface area contributed by atoms with Crippen LogP contribution >= 0.6 is 0 Å². The highest BCUT2D eigenvalue weighted by Crippen LogP contribution is 2.28. The van der Waals surface area contributed by atoms with Gasteiger partial charge >= 0.3 is 10.2 Å². The summed E-state index contributed by atoms with van der Waals surface area (Å²) in [5, 5.41) is 6.32. The van der Waals surface area contributed by atoms with Crippen LogP contribution in [0.3, 0.4) is 0 Å². The van der Waals surface area contributed by atoms with Gasteiger partial charge in [-0.3, -0.25) is 5.01 Å². The molecular formula is C21H24N4O2S. The molecule has 4 rings (SSSR count). The first-order valence-electron chi connectivity index (χ1n) is 9.64. The van der Waals surface area contributed by atoms with Crippen LogP contribution in [0.5, 0.6) is 0 Å². The van der Waals surface area contributed by atoms with Gasteiger partial charge in [-0.1, -0.05) is 67.1 Å². The molecule has 28 heavy (non-hydrogen) atoms. The second-order valence-corrected chi connectivity index (χ2v) is 8.72. The Kier molecular flexibility index (Phi) is 5.54. The lowest BCUT2D eigenvalue weighted by Gasteiger charge is -2.23. The SMILES string of the molecule is O=S(=O)(/N=C\N1CC(c2ccccc2)C(c2ccccc2)=N1)N1CCCCC1. The van der Waals surface area contributed by atoms with Gasteiger partial charge < -0.3 is 0 Å². The first-order chi connectivity index (χ1) is 13.6. The van der Waals surface area contributed by atoms with E-state index in [1.807, 2.05) is 48.5 Å². The van der Waals surface area contributed by atoms with Crippen molar-refractivity contribution in [2.45, 2.75) is 25.2 Å². The molecule has 2 aromatic carbocycles. The molecule has 146 valence electrons. The van der Waals surface area contributed by atoms with Crippen molar-refractivity contribution >= 4 is 22.3 Å². The topological polar surface area (TPSA) is 65.3 Å². The summed E-state index contributed by atoms with van der Waals surface area (Å²) < 4.78 is 30.4. The molecule has 0 saturated carbocycles. The molecule has 2 aliphatic heterocycles. The van der Waals surface area contributed by atoms with Crippen molar-refractivity contribution in [3.63, 3.8) is 0 Å². The zero-order valence-electron chi connectivity index (χ0n) is 15.7. The zero-order chi connectivity index (χ0) is 19.4. The summed E-state index contributed by atoms with van der Waals surface area (Å²) in [7, 11) is -3.64. The predicted molar refractivity (Wildman–Crippen MR) is 112 cm³/mol. The van der Waals surface area contributed by atoms with Gasteiger partial charge in [-0.2, -0.15) is 17.8 Å². The minimum absolute atomic E-state index is 0.0627. The Bertz CT molecular complexity index is 952. The fourth-order valence-electron chi connectivity index (χ4n) is 3.69. The van der Waals surface area contributed by atoms with Gasteiger partial charge in [0, 0.05) is 19.0 Å². The first-order valence-corrected chi connectivity index (χ1v) is 11.0. The van der Waals surface area contributed by atoms with Gasteiger partial charge in [0.25, 0.3) is 0 Å². The number of hydrogen-bond acceptors (Lipinski definition) is 3. The highest BCUT2D eigenvalue weighted by molar-refractivity contribution is 7.87. The second-order valence-electron chi connectivity index (χ2n) is 7.09. The molecule has 0 amide bonds. The van der Waals surface area contributed by atoms with E-state index in [0.717, 1.165) is 36.1 Å². The molecule has 6 nitrogen and oxygen atoms in total. The van der Waals surface area contributed by atoms with Crippen molar-refractivity contribution in [2.75, 3.05) is 19.6 Å². The molecule has 2 heterocycles. The van der Waals surface area contributed by atoms with Crippen LogP contribution < -0.4 is 0 Å². The molecule has 2 aliphatic rings. The quantitative estimate of drug-likeness (QED) is 0.576. The van der Waals surface area contributed by atoms with Crippen molar-refractivity contribution in [1.29, 1.82) is 0 Å². The molecule has 0 N–H and O–H groups in total. The predicted octanol–water partition coefficient (Wildman–Crippen LogP) is 3.25. The van der Waals surface area contributed by atoms with Crippen molar-refractivity contribution in [2.24, 2.45) is 9.50 Å². The Balaban J connectivity index is 1.59. The molecule has 7 heteroatoms. The number of piperidine rings is 1. The average molecular weight is 397 g/mol. The number of hydrogen-bond donors (Lipinski definition) is 0. The third-order valence-electron chi connectivity index (χ3n) is 5.16. The van der Waals surface area contributed by atoms with Gasteiger partial charge in [-0.15, -0.1) is 4.40 Å². The Morgan fingerprint density at radius 1 is 0.929 bits per heavy atom. The van der Waals surface area contributed by atoms with E-state index in [1.54, 1.807) is 5.01 Å². The number of nitrogens with zero attached hydrogens (tertiary/aromatic N) is 4. The Morgan fingerprint density at radius 2 is 1.57 bits per heavy atom. The van der Waals surface area contributed by atoms with Crippen molar-refractivity contribution in [1.82, 2.24) is 9.31 Å². The lowest BCUT2D eigenvalue weighted by atomic mass is 9.91. The van der Waals surface area contributed by atoms with Gasteiger partial charge in [0.05, 0.1) is 12.3 Å². The molecule has 2 aromatic rings. The first kappa shape index (κ1) is 18.8. The van der Waals surface area contributed by atoms with Gasteiger partial charge in [-0.25, -0.2) is 0 Å². The largest absolute Gasteiger partial charge is 0.323 e. The summed E-state index contributed by atoms with van der Waals surface area (Å²) in [5.74, 6) is 0.0627. The normalized spacial score (nSPS) is 21.2. The van der Waals surface area contributed by atoms with Crippen molar-refractivity contribution < 1.29 is 8.42 Å². The van der Waals surface area contributed by atoms with Crippen LogP contribution in [-0.2, 0) is 10.2 Å². The van der Waals surface area contributed by atoms with Crippen LogP contribution in [0.15, 0.2) is 70.2 Å². The van der Waals surface area contributed by atoms with Crippen molar-refractivity contribution in [3.05, 3.63) is 71.8 Å². The van der Waals surface area contributed by atoms with E-state index in [2.05, 4.69) is 21.6 Å². The van der Waals surface area contributed by atoms with E-state index < -0.39 is 10.2 Å². The number of benzene rings is 2. The molecule has 1 unspecified atom stereocenters. The van der Waals surface area contributed by atoms with Gasteiger partial charge in [0.1, 0.15) is 6.34 Å². The maximum atomic E-state index is 12.5. The molecule has 1 fully saturated rings. The summed E-state index contributed by atoms with van der Waals surface area (Å²) in [6.07, 6.45) is 4.22. The summed E-state index contributed by atoms with van der Waals surface area (Å²) >= 11 is 0. The smallest absolute Gasteiger partial charge is 0.252 e. The summed E-state index contributed by atoms with van der Waals surface area (Å²) in [5.41, 5.74) is 3.11. The minimum Gasteiger partial charge on any atom is -0.252 e. The standard InChI is InChI=1S/C21H24N4O2S/c26-28(27,25-14-8-3-9-15-25)22-17-24-16-20(18-10-4-1-5-11-18)21(23-24)19-12-6-2-7-13-19/h1-2,4-7,10-13,17,20H,3,8-9,14-16H2/b22-17-. The fraction of sp³-hybridized carbons (Fsp3) is 0.333. The summed E-state index contributed by atoms with van der Waals surface area (Å²) in [6.45, 7) is 1.66. The van der Waals surface area contributed by atoms with Crippen molar-refractivity contribution in [3.8, 4) is 0 Å². The zero-order valence-corrected chi connectivity index (χ0v) is 16.5. The van der Waals surface area contributed by atoms with Gasteiger partial charge in [0.15, 0.2) is 0 Å². The molecule has 1 saturated heterocycles. The molecule has 0 spiro atoms. The lowest BCUT2D eigenvalue weighted by Crippen LogP contribution is -2.34. The van der Waals surface area contributed by atoms with Crippen LogP contribution in [0.1, 0.15) is 36.3 Å². The fourth-order valence-corrected chi connectivity index (χ4v) is 4.77. The van der Waals surface area contributed by atoms with E-state index >= 15 is 0 Å². The Hall–Kier alpha value is -2.51. The molecule has 1 atom stereocenters. The number of hydrazone groups is 1. The maximum Gasteiger partial charge on any atom is 0.323 e. The van der Waals surface area contributed by atoms with Gasteiger partial charge in [-0.05, 0) is 24.0 Å². The van der Waals surface area contributed by atoms with Gasteiger partial charge in [0.2, 0.25) is 0 Å². The summed E-state index contributed by atoms with van der Waals surface area (Å²) in [6, 6.07) is 20.2. The van der Waals surface area contributed by atoms with E-state index in [4.69, 9.17) is 0 Å². The molecular weight excluding hydrogens is 372 g/mol. The second kappa shape index (κ2) is 8.24. The third kappa shape index (κ3) is 4.15. The lowest BCUT2D eigenvalue weighted by molar-refractivity contribution is 0.347. The third-order valence-corrected chi connectivity index (χ3v) is 6.54.